The van der Waals surface area contributed by atoms with Crippen LogP contribution in [0.1, 0.15) is 37.2 Å². The number of ether oxygens (including phenoxy) is 2. The molecular formula is C14H19F2NO2. The van der Waals surface area contributed by atoms with Crippen LogP contribution >= 0.6 is 0 Å². The molecule has 0 unspecified atom stereocenters. The molecule has 0 amide bonds. The second-order valence-corrected chi connectivity index (χ2v) is 4.81. The average Bonchev–Trinajstić information content (AvgIpc) is 2.38. The van der Waals surface area contributed by atoms with E-state index in [2.05, 4.69) is 4.74 Å². The minimum atomic E-state index is -2.86. The van der Waals surface area contributed by atoms with Gasteiger partial charge in [0.1, 0.15) is 0 Å². The van der Waals surface area contributed by atoms with Crippen molar-refractivity contribution in [2.75, 3.05) is 7.11 Å². The number of methoxy groups -OCH3 is 1. The van der Waals surface area contributed by atoms with E-state index in [1.807, 2.05) is 6.07 Å². The second kappa shape index (κ2) is 6.19. The van der Waals surface area contributed by atoms with Crippen molar-refractivity contribution in [3.05, 3.63) is 23.8 Å². The Morgan fingerprint density at radius 3 is 2.63 bits per heavy atom. The molecule has 5 heteroatoms. The Hall–Kier alpha value is -1.36. The maximum absolute atomic E-state index is 12.4. The molecule has 1 aromatic rings. The summed E-state index contributed by atoms with van der Waals surface area (Å²) < 4.78 is 34.5. The van der Waals surface area contributed by atoms with Crippen LogP contribution in [0.15, 0.2) is 18.2 Å². The molecule has 2 atom stereocenters. The van der Waals surface area contributed by atoms with Crippen molar-refractivity contribution in [3.8, 4) is 11.5 Å². The highest BCUT2D eigenvalue weighted by Gasteiger charge is 2.27. The van der Waals surface area contributed by atoms with Gasteiger partial charge in [0.2, 0.25) is 0 Å². The van der Waals surface area contributed by atoms with Crippen LogP contribution in [0.5, 0.6) is 11.5 Å². The zero-order chi connectivity index (χ0) is 13.8. The first-order valence-electron chi connectivity index (χ1n) is 6.50. The maximum atomic E-state index is 12.4. The number of hydrogen-bond acceptors (Lipinski definition) is 3. The predicted molar refractivity (Wildman–Crippen MR) is 68.8 cm³/mol. The molecule has 0 aliphatic heterocycles. The fourth-order valence-electron chi connectivity index (χ4n) is 2.78. The van der Waals surface area contributed by atoms with Crippen LogP contribution in [0.3, 0.4) is 0 Å². The summed E-state index contributed by atoms with van der Waals surface area (Å²) in [4.78, 5) is 0. The minimum absolute atomic E-state index is 0.0458. The van der Waals surface area contributed by atoms with E-state index < -0.39 is 6.61 Å². The molecule has 1 aliphatic rings. The van der Waals surface area contributed by atoms with Crippen molar-refractivity contribution in [1.82, 2.24) is 0 Å². The van der Waals surface area contributed by atoms with Gasteiger partial charge in [-0.3, -0.25) is 0 Å². The molecule has 0 spiro atoms. The first-order valence-corrected chi connectivity index (χ1v) is 6.50. The van der Waals surface area contributed by atoms with Gasteiger partial charge in [-0.1, -0.05) is 25.0 Å². The number of nitrogens with two attached hydrogens (primary N) is 1. The number of para-hydroxylation sites is 1. The Labute approximate surface area is 111 Å². The summed E-state index contributed by atoms with van der Waals surface area (Å²) in [7, 11) is 1.46. The van der Waals surface area contributed by atoms with Gasteiger partial charge in [0, 0.05) is 17.5 Å². The van der Waals surface area contributed by atoms with E-state index in [4.69, 9.17) is 10.5 Å². The summed E-state index contributed by atoms with van der Waals surface area (Å²) in [5.74, 6) is 0.600. The van der Waals surface area contributed by atoms with Crippen molar-refractivity contribution in [1.29, 1.82) is 0 Å². The molecule has 0 radical (unpaired) electrons. The van der Waals surface area contributed by atoms with Gasteiger partial charge in [0.25, 0.3) is 0 Å². The quantitative estimate of drug-likeness (QED) is 0.914. The van der Waals surface area contributed by atoms with Crippen LogP contribution < -0.4 is 15.2 Å². The van der Waals surface area contributed by atoms with Crippen LogP contribution in [-0.2, 0) is 0 Å². The maximum Gasteiger partial charge on any atom is 0.387 e. The summed E-state index contributed by atoms with van der Waals surface area (Å²) in [5.41, 5.74) is 7.01. The Morgan fingerprint density at radius 1 is 1.26 bits per heavy atom. The lowest BCUT2D eigenvalue weighted by molar-refractivity contribution is -0.0513. The molecule has 0 bridgehead atoms. The normalized spacial score (nSPS) is 23.4. The Kier molecular flexibility index (Phi) is 4.58. The van der Waals surface area contributed by atoms with Crippen molar-refractivity contribution >= 4 is 0 Å². The molecule has 19 heavy (non-hydrogen) atoms. The van der Waals surface area contributed by atoms with E-state index in [0.29, 0.717) is 5.75 Å². The van der Waals surface area contributed by atoms with Gasteiger partial charge in [0.15, 0.2) is 11.5 Å². The number of hydrogen-bond donors (Lipinski definition) is 1. The molecule has 3 nitrogen and oxygen atoms in total. The van der Waals surface area contributed by atoms with Gasteiger partial charge in [-0.15, -0.1) is 0 Å². The fourth-order valence-corrected chi connectivity index (χ4v) is 2.78. The fraction of sp³-hybridized carbons (Fsp3) is 0.571. The van der Waals surface area contributed by atoms with Gasteiger partial charge in [-0.25, -0.2) is 0 Å². The number of rotatable bonds is 4. The van der Waals surface area contributed by atoms with E-state index in [9.17, 15) is 8.78 Å². The van der Waals surface area contributed by atoms with Crippen LogP contribution in [0.4, 0.5) is 8.78 Å². The number of halogens is 2. The number of alkyl halides is 2. The molecule has 106 valence electrons. The van der Waals surface area contributed by atoms with Crippen molar-refractivity contribution < 1.29 is 18.3 Å². The van der Waals surface area contributed by atoms with Crippen molar-refractivity contribution in [3.63, 3.8) is 0 Å². The molecule has 0 heterocycles. The summed E-state index contributed by atoms with van der Waals surface area (Å²) in [6.07, 6.45) is 4.12. The van der Waals surface area contributed by atoms with Crippen LogP contribution in [0, 0.1) is 0 Å². The van der Waals surface area contributed by atoms with E-state index in [0.717, 1.165) is 31.2 Å². The average molecular weight is 271 g/mol. The lowest BCUT2D eigenvalue weighted by Crippen LogP contribution is -2.31. The smallest absolute Gasteiger partial charge is 0.387 e. The van der Waals surface area contributed by atoms with E-state index >= 15 is 0 Å². The molecule has 0 saturated heterocycles. The van der Waals surface area contributed by atoms with Gasteiger partial charge in [-0.2, -0.15) is 8.78 Å². The topological polar surface area (TPSA) is 44.5 Å². The zero-order valence-electron chi connectivity index (χ0n) is 10.9. The SMILES string of the molecule is COc1c(OC(F)F)cccc1[C@H]1CCCC[C@H]1N. The zero-order valence-corrected chi connectivity index (χ0v) is 10.9. The lowest BCUT2D eigenvalue weighted by atomic mass is 9.80. The van der Waals surface area contributed by atoms with Gasteiger partial charge >= 0.3 is 6.61 Å². The molecule has 2 N–H and O–H groups in total. The summed E-state index contributed by atoms with van der Waals surface area (Å²) in [6.45, 7) is -2.86. The van der Waals surface area contributed by atoms with Gasteiger partial charge in [-0.05, 0) is 18.9 Å². The molecule has 1 aliphatic carbocycles. The summed E-state index contributed by atoms with van der Waals surface area (Å²) >= 11 is 0. The Morgan fingerprint density at radius 2 is 2.00 bits per heavy atom. The molecule has 1 aromatic carbocycles. The number of benzene rings is 1. The Balaban J connectivity index is 2.33. The standard InChI is InChI=1S/C14H19F2NO2/c1-18-13-10(9-5-2-3-7-11(9)17)6-4-8-12(13)19-14(15)16/h4,6,8-9,11,14H,2-3,5,7,17H2,1H3/t9-,11-/m1/s1. The second-order valence-electron chi connectivity index (χ2n) is 4.81. The molecular weight excluding hydrogens is 252 g/mol. The summed E-state index contributed by atoms with van der Waals surface area (Å²) in [6, 6.07) is 5.12. The van der Waals surface area contributed by atoms with Crippen molar-refractivity contribution in [2.45, 2.75) is 44.3 Å². The highest BCUT2D eigenvalue weighted by Crippen LogP contribution is 2.41. The molecule has 1 fully saturated rings. The van der Waals surface area contributed by atoms with Crippen LogP contribution in [0.25, 0.3) is 0 Å². The molecule has 2 rings (SSSR count). The summed E-state index contributed by atoms with van der Waals surface area (Å²) in [5, 5.41) is 0. The van der Waals surface area contributed by atoms with E-state index in [1.165, 1.54) is 13.2 Å². The first-order chi connectivity index (χ1) is 9.13. The van der Waals surface area contributed by atoms with Crippen LogP contribution in [0.2, 0.25) is 0 Å². The minimum Gasteiger partial charge on any atom is -0.493 e. The highest BCUT2D eigenvalue weighted by atomic mass is 19.3. The van der Waals surface area contributed by atoms with Crippen molar-refractivity contribution in [2.24, 2.45) is 5.73 Å². The molecule has 0 aromatic heterocycles. The largest absolute Gasteiger partial charge is 0.493 e. The monoisotopic (exact) mass is 271 g/mol. The highest BCUT2D eigenvalue weighted by molar-refractivity contribution is 5.49. The van der Waals surface area contributed by atoms with E-state index in [-0.39, 0.29) is 17.7 Å². The van der Waals surface area contributed by atoms with E-state index in [1.54, 1.807) is 6.07 Å². The van der Waals surface area contributed by atoms with Gasteiger partial charge < -0.3 is 15.2 Å². The third-order valence-corrected chi connectivity index (χ3v) is 3.65. The first kappa shape index (κ1) is 14.1. The third kappa shape index (κ3) is 3.15. The predicted octanol–water partition coefficient (Wildman–Crippen LogP) is 3.28. The molecule has 1 saturated carbocycles. The lowest BCUT2D eigenvalue weighted by Gasteiger charge is -2.30. The Bertz CT molecular complexity index is 426. The third-order valence-electron chi connectivity index (χ3n) is 3.65. The van der Waals surface area contributed by atoms with Crippen LogP contribution in [-0.4, -0.2) is 19.8 Å². The van der Waals surface area contributed by atoms with Gasteiger partial charge in [0.05, 0.1) is 7.11 Å².